The molecule has 7 heteroatoms. The first-order chi connectivity index (χ1) is 10.9. The molecule has 2 amide bonds. The van der Waals surface area contributed by atoms with Crippen molar-refractivity contribution in [2.75, 3.05) is 19.6 Å². The number of carboxylic acid groups (broad SMARTS) is 1. The summed E-state index contributed by atoms with van der Waals surface area (Å²) in [5.74, 6) is -0.759. The van der Waals surface area contributed by atoms with Gasteiger partial charge in [0.15, 0.2) is 0 Å². The van der Waals surface area contributed by atoms with Gasteiger partial charge in [-0.3, -0.25) is 14.4 Å². The predicted molar refractivity (Wildman–Crippen MR) is 82.0 cm³/mol. The van der Waals surface area contributed by atoms with E-state index >= 15 is 0 Å². The molecule has 1 N–H and O–H groups in total. The van der Waals surface area contributed by atoms with Gasteiger partial charge in [-0.1, -0.05) is 0 Å². The average Bonchev–Trinajstić information content (AvgIpc) is 2.77. The van der Waals surface area contributed by atoms with Crippen LogP contribution in [0, 0.1) is 6.92 Å². The first kappa shape index (κ1) is 17.1. The van der Waals surface area contributed by atoms with Crippen molar-refractivity contribution in [3.05, 3.63) is 23.7 Å². The lowest BCUT2D eigenvalue weighted by molar-refractivity contribution is -0.145. The number of rotatable bonds is 4. The van der Waals surface area contributed by atoms with Crippen LogP contribution in [-0.2, 0) is 9.59 Å². The number of nitrogens with zero attached hydrogens (tertiary/aromatic N) is 2. The number of aryl methyl sites for hydroxylation is 1. The summed E-state index contributed by atoms with van der Waals surface area (Å²) in [5.41, 5.74) is 0.553. The predicted octanol–water partition coefficient (Wildman–Crippen LogP) is 1.52. The van der Waals surface area contributed by atoms with E-state index in [4.69, 9.17) is 9.52 Å². The Morgan fingerprint density at radius 2 is 2.09 bits per heavy atom. The van der Waals surface area contributed by atoms with Gasteiger partial charge in [-0.2, -0.15) is 0 Å². The lowest BCUT2D eigenvalue weighted by Gasteiger charge is -2.28. The third-order valence-electron chi connectivity index (χ3n) is 4.22. The molecule has 1 atom stereocenters. The molecule has 1 aromatic heterocycles. The molecule has 126 valence electrons. The van der Waals surface area contributed by atoms with E-state index in [0.29, 0.717) is 37.3 Å². The number of furan rings is 1. The second-order valence-electron chi connectivity index (χ2n) is 5.81. The lowest BCUT2D eigenvalue weighted by atomic mass is 10.1. The van der Waals surface area contributed by atoms with Crippen molar-refractivity contribution in [1.29, 1.82) is 0 Å². The van der Waals surface area contributed by atoms with Crippen molar-refractivity contribution in [3.63, 3.8) is 0 Å². The van der Waals surface area contributed by atoms with Crippen molar-refractivity contribution >= 4 is 17.8 Å². The summed E-state index contributed by atoms with van der Waals surface area (Å²) in [5, 5.41) is 8.96. The molecule has 23 heavy (non-hydrogen) atoms. The number of carboxylic acids is 1. The van der Waals surface area contributed by atoms with Gasteiger partial charge in [-0.15, -0.1) is 0 Å². The van der Waals surface area contributed by atoms with E-state index in [9.17, 15) is 14.4 Å². The van der Waals surface area contributed by atoms with Crippen LogP contribution in [0.4, 0.5) is 0 Å². The number of carbonyl (C=O) groups is 3. The van der Waals surface area contributed by atoms with E-state index in [1.807, 2.05) is 0 Å². The van der Waals surface area contributed by atoms with Crippen molar-refractivity contribution in [1.82, 2.24) is 9.80 Å². The number of likely N-dealkylation sites (tertiary alicyclic amines) is 1. The molecular weight excluding hydrogens is 300 g/mol. The van der Waals surface area contributed by atoms with Gasteiger partial charge >= 0.3 is 5.97 Å². The fourth-order valence-corrected chi connectivity index (χ4v) is 3.01. The van der Waals surface area contributed by atoms with Gasteiger partial charge in [0.05, 0.1) is 11.8 Å². The molecule has 2 heterocycles. The maximum Gasteiger partial charge on any atom is 0.323 e. The van der Waals surface area contributed by atoms with Crippen LogP contribution in [0.1, 0.15) is 42.3 Å². The highest BCUT2D eigenvalue weighted by Crippen LogP contribution is 2.20. The zero-order valence-corrected chi connectivity index (χ0v) is 13.4. The largest absolute Gasteiger partial charge is 0.480 e. The van der Waals surface area contributed by atoms with Crippen LogP contribution in [0.3, 0.4) is 0 Å². The molecule has 7 nitrogen and oxygen atoms in total. The minimum Gasteiger partial charge on any atom is -0.480 e. The zero-order chi connectivity index (χ0) is 17.0. The molecule has 0 spiro atoms. The molecular formula is C16H22N2O5. The minimum atomic E-state index is -1.02. The van der Waals surface area contributed by atoms with Crippen LogP contribution in [0.2, 0.25) is 0 Å². The first-order valence-corrected chi connectivity index (χ1v) is 7.72. The lowest BCUT2D eigenvalue weighted by Crippen LogP contribution is -2.43. The molecule has 0 bridgehead atoms. The highest BCUT2D eigenvalue weighted by molar-refractivity contribution is 5.95. The second kappa shape index (κ2) is 7.30. The number of amides is 2. The van der Waals surface area contributed by atoms with E-state index in [-0.39, 0.29) is 24.4 Å². The summed E-state index contributed by atoms with van der Waals surface area (Å²) < 4.78 is 5.18. The van der Waals surface area contributed by atoms with Gasteiger partial charge in [-0.25, -0.2) is 0 Å². The SMILES string of the molecule is CC(=O)N(CC(=O)O)C1CCCN(C(=O)c2ccoc2C)CC1. The van der Waals surface area contributed by atoms with E-state index in [0.717, 1.165) is 6.42 Å². The van der Waals surface area contributed by atoms with Crippen LogP contribution in [0.25, 0.3) is 0 Å². The van der Waals surface area contributed by atoms with Crippen molar-refractivity contribution in [3.8, 4) is 0 Å². The average molecular weight is 322 g/mol. The van der Waals surface area contributed by atoms with Crippen molar-refractivity contribution in [2.45, 2.75) is 39.2 Å². The molecule has 2 rings (SSSR count). The monoisotopic (exact) mass is 322 g/mol. The quantitative estimate of drug-likeness (QED) is 0.907. The van der Waals surface area contributed by atoms with E-state index in [2.05, 4.69) is 0 Å². The summed E-state index contributed by atoms with van der Waals surface area (Å²) in [6, 6.07) is 1.51. The Labute approximate surface area is 134 Å². The highest BCUT2D eigenvalue weighted by Gasteiger charge is 2.28. The summed E-state index contributed by atoms with van der Waals surface area (Å²) in [4.78, 5) is 38.3. The smallest absolute Gasteiger partial charge is 0.323 e. The van der Waals surface area contributed by atoms with Gasteiger partial charge in [0, 0.05) is 26.1 Å². The van der Waals surface area contributed by atoms with Crippen molar-refractivity contribution < 1.29 is 23.9 Å². The molecule has 1 aliphatic rings. The standard InChI is InChI=1S/C16H22N2O5/c1-11-14(6-9-23-11)16(22)17-7-3-4-13(5-8-17)18(12(2)19)10-15(20)21/h6,9,13H,3-5,7-8,10H2,1-2H3,(H,20,21). The van der Waals surface area contributed by atoms with Crippen LogP contribution in [-0.4, -0.2) is 58.4 Å². The Bertz CT molecular complexity index is 595. The summed E-state index contributed by atoms with van der Waals surface area (Å²) >= 11 is 0. The van der Waals surface area contributed by atoms with Gasteiger partial charge in [-0.05, 0) is 32.3 Å². The molecule has 1 saturated heterocycles. The third kappa shape index (κ3) is 4.12. The number of aliphatic carboxylic acids is 1. The normalized spacial score (nSPS) is 18.3. The van der Waals surface area contributed by atoms with E-state index in [1.165, 1.54) is 18.1 Å². The molecule has 1 unspecified atom stereocenters. The molecule has 1 fully saturated rings. The van der Waals surface area contributed by atoms with Crippen LogP contribution in [0.5, 0.6) is 0 Å². The molecule has 1 aliphatic heterocycles. The van der Waals surface area contributed by atoms with Crippen LogP contribution < -0.4 is 0 Å². The molecule has 1 aromatic rings. The summed E-state index contributed by atoms with van der Waals surface area (Å²) in [6.07, 6.45) is 3.50. The maximum absolute atomic E-state index is 12.5. The Morgan fingerprint density at radius 3 is 2.65 bits per heavy atom. The van der Waals surface area contributed by atoms with Crippen molar-refractivity contribution in [2.24, 2.45) is 0 Å². The number of hydrogen-bond acceptors (Lipinski definition) is 4. The van der Waals surface area contributed by atoms with E-state index in [1.54, 1.807) is 17.9 Å². The fourth-order valence-electron chi connectivity index (χ4n) is 3.01. The number of hydrogen-bond donors (Lipinski definition) is 1. The molecule has 0 saturated carbocycles. The Hall–Kier alpha value is -2.31. The van der Waals surface area contributed by atoms with Crippen LogP contribution in [0.15, 0.2) is 16.7 Å². The Balaban J connectivity index is 2.04. The van der Waals surface area contributed by atoms with Crippen LogP contribution >= 0.6 is 0 Å². The second-order valence-corrected chi connectivity index (χ2v) is 5.81. The molecule has 0 aliphatic carbocycles. The Morgan fingerprint density at radius 1 is 1.35 bits per heavy atom. The van der Waals surface area contributed by atoms with Gasteiger partial charge < -0.3 is 19.3 Å². The maximum atomic E-state index is 12.5. The third-order valence-corrected chi connectivity index (χ3v) is 4.22. The zero-order valence-electron chi connectivity index (χ0n) is 13.4. The number of carbonyl (C=O) groups excluding carboxylic acids is 2. The van der Waals surface area contributed by atoms with Gasteiger partial charge in [0.1, 0.15) is 12.3 Å². The van der Waals surface area contributed by atoms with Gasteiger partial charge in [0.25, 0.3) is 5.91 Å². The highest BCUT2D eigenvalue weighted by atomic mass is 16.4. The topological polar surface area (TPSA) is 91.1 Å². The fraction of sp³-hybridized carbons (Fsp3) is 0.562. The molecule has 0 aromatic carbocycles. The minimum absolute atomic E-state index is 0.0792. The summed E-state index contributed by atoms with van der Waals surface area (Å²) in [6.45, 7) is 3.93. The summed E-state index contributed by atoms with van der Waals surface area (Å²) in [7, 11) is 0. The van der Waals surface area contributed by atoms with E-state index < -0.39 is 5.97 Å². The first-order valence-electron chi connectivity index (χ1n) is 7.72. The van der Waals surface area contributed by atoms with Gasteiger partial charge in [0.2, 0.25) is 5.91 Å². The Kier molecular flexibility index (Phi) is 5.41. The molecule has 0 radical (unpaired) electrons.